The second-order valence-corrected chi connectivity index (χ2v) is 22.0. The van der Waals surface area contributed by atoms with Crippen LogP contribution in [-0.2, 0) is 49.1 Å². The van der Waals surface area contributed by atoms with Crippen molar-refractivity contribution in [1.29, 1.82) is 0 Å². The maximum absolute atomic E-state index is 13.8. The molecule has 0 radical (unpaired) electrons. The van der Waals surface area contributed by atoms with Gasteiger partial charge in [-0.3, -0.25) is 9.59 Å². The molecule has 2 aliphatic rings. The van der Waals surface area contributed by atoms with Gasteiger partial charge in [-0.05, 0) is 114 Å². The molecule has 4 amide bonds. The van der Waals surface area contributed by atoms with E-state index < -0.39 is 53.1 Å². The lowest BCUT2D eigenvalue weighted by atomic mass is 9.78. The van der Waals surface area contributed by atoms with Crippen LogP contribution in [0.25, 0.3) is 0 Å². The van der Waals surface area contributed by atoms with Crippen molar-refractivity contribution in [2.75, 3.05) is 53.4 Å². The van der Waals surface area contributed by atoms with Gasteiger partial charge in [0.05, 0.1) is 35.4 Å². The van der Waals surface area contributed by atoms with Gasteiger partial charge in [0.25, 0.3) is 0 Å². The van der Waals surface area contributed by atoms with Crippen molar-refractivity contribution in [1.82, 2.24) is 36.8 Å². The molecule has 6 rings (SSSR count). The van der Waals surface area contributed by atoms with Crippen LogP contribution in [0.4, 0.5) is 22.4 Å². The second-order valence-electron chi connectivity index (χ2n) is 22.0. The van der Waals surface area contributed by atoms with Crippen molar-refractivity contribution in [3.05, 3.63) is 142 Å². The Balaban J connectivity index is 0.000000308. The number of aliphatic hydroxyl groups is 2. The van der Waals surface area contributed by atoms with E-state index in [0.29, 0.717) is 30.8 Å². The fraction of sp³-hybridized carbons (Fsp3) is 0.517. The lowest BCUT2D eigenvalue weighted by Crippen LogP contribution is -2.60. The number of rotatable bonds is 16. The minimum Gasteiger partial charge on any atom is -0.390 e. The predicted octanol–water partition coefficient (Wildman–Crippen LogP) is 7.08. The lowest BCUT2D eigenvalue weighted by Gasteiger charge is -2.45. The van der Waals surface area contributed by atoms with Gasteiger partial charge in [0, 0.05) is 72.8 Å². The molecule has 2 aliphatic heterocycles. The minimum absolute atomic E-state index is 0.00947. The molecule has 6 atom stereocenters. The molecule has 76 heavy (non-hydrogen) atoms. The Morgan fingerprint density at radius 1 is 0.697 bits per heavy atom. The van der Waals surface area contributed by atoms with E-state index in [-0.39, 0.29) is 60.1 Å². The third-order valence-electron chi connectivity index (χ3n) is 13.8. The Morgan fingerprint density at radius 2 is 1.12 bits per heavy atom. The van der Waals surface area contributed by atoms with E-state index in [1.807, 2.05) is 12.1 Å². The van der Waals surface area contributed by atoms with Crippen LogP contribution < -0.4 is 31.9 Å². The molecule has 2 fully saturated rings. The summed E-state index contributed by atoms with van der Waals surface area (Å²) >= 11 is 0. The highest BCUT2D eigenvalue weighted by molar-refractivity contribution is 5.74. The molecule has 0 saturated carbocycles. The second kappa shape index (κ2) is 28.4. The maximum atomic E-state index is 13.8. The molecular weight excluding hydrogens is 981 g/mol. The van der Waals surface area contributed by atoms with E-state index in [0.717, 1.165) is 61.1 Å². The van der Waals surface area contributed by atoms with Crippen molar-refractivity contribution < 1.29 is 47.0 Å². The third kappa shape index (κ3) is 18.9. The Hall–Kier alpha value is -6.01. The fourth-order valence-electron chi connectivity index (χ4n) is 9.78. The van der Waals surface area contributed by atoms with Crippen LogP contribution in [0.5, 0.6) is 0 Å². The van der Waals surface area contributed by atoms with Crippen LogP contribution in [0.15, 0.2) is 89.9 Å². The van der Waals surface area contributed by atoms with Gasteiger partial charge in [-0.1, -0.05) is 90.1 Å². The number of nitrogens with one attached hydrogen (secondary N) is 6. The Labute approximate surface area is 446 Å². The average molecular weight is 1060 g/mol. The van der Waals surface area contributed by atoms with Gasteiger partial charge in [0.2, 0.25) is 17.9 Å². The quantitative estimate of drug-likeness (QED) is 0.0329. The first-order chi connectivity index (χ1) is 35.7. The van der Waals surface area contributed by atoms with Crippen molar-refractivity contribution in [2.45, 2.75) is 140 Å². The molecule has 416 valence electrons. The number of urea groups is 1. The Bertz CT molecular complexity index is 2560. The summed E-state index contributed by atoms with van der Waals surface area (Å²) in [5.74, 6) is -3.48. The molecule has 18 heteroatoms. The fourth-order valence-corrected chi connectivity index (χ4v) is 9.78. The number of amides is 4. The van der Waals surface area contributed by atoms with Crippen LogP contribution in [0, 0.1) is 23.3 Å². The number of halogens is 4. The molecule has 14 nitrogen and oxygen atoms in total. The average Bonchev–Trinajstić information content (AvgIpc) is 3.36. The first-order valence-corrected chi connectivity index (χ1v) is 25.9. The number of hydrogen-bond donors (Lipinski definition) is 8. The molecule has 4 aromatic rings. The monoisotopic (exact) mass is 1060 g/mol. The molecule has 2 saturated heterocycles. The molecular formula is C58H80F4N8O6. The van der Waals surface area contributed by atoms with E-state index in [1.54, 1.807) is 11.9 Å². The summed E-state index contributed by atoms with van der Waals surface area (Å²) in [7, 11) is 2.98. The van der Waals surface area contributed by atoms with E-state index in [9.17, 15) is 42.2 Å². The van der Waals surface area contributed by atoms with Crippen LogP contribution in [0.2, 0.25) is 0 Å². The summed E-state index contributed by atoms with van der Waals surface area (Å²) < 4.78 is 54.9. The van der Waals surface area contributed by atoms with E-state index in [1.165, 1.54) is 56.8 Å². The zero-order valence-corrected chi connectivity index (χ0v) is 45.8. The third-order valence-corrected chi connectivity index (χ3v) is 13.8. The summed E-state index contributed by atoms with van der Waals surface area (Å²) in [5.41, 5.74) is 4.18. The molecule has 0 aromatic heterocycles. The molecule has 8 N–H and O–H groups in total. The number of likely N-dealkylation sites (tertiary alicyclic amines) is 1. The van der Waals surface area contributed by atoms with Gasteiger partial charge in [0.1, 0.15) is 23.3 Å². The van der Waals surface area contributed by atoms with Gasteiger partial charge < -0.3 is 47.0 Å². The first kappa shape index (κ1) is 62.5. The number of carbonyl (C=O) groups excluding carboxylic acids is 4. The lowest BCUT2D eigenvalue weighted by molar-refractivity contribution is -0.121. The molecule has 0 bridgehead atoms. The molecule has 0 spiro atoms. The predicted molar refractivity (Wildman–Crippen MR) is 288 cm³/mol. The summed E-state index contributed by atoms with van der Waals surface area (Å²) in [6.45, 7) is 18.6. The summed E-state index contributed by atoms with van der Waals surface area (Å²) in [5, 5.41) is 41.0. The standard InChI is InChI=1S/C29H40F2N4O3.C27H37F2N3O2.C2H3NO/c1-19(36)34-25(14-20-12-23(30)16-24(31)13-20)26(37)17-33-29(10-7-11-35(18-29)27(38)32-5)22-9-6-8-21(15-22)28(2,3)4;1-18(33)32-24(13-19-11-22(28)15-23(29)12-19)25(34)16-31-27(9-6-10-30-17-27)21-8-5-7-20(14-21)26(2,3)4;1-3-2-4/h6,8-9,12-13,15-16,25-26,33,37H,7,10-11,14,17-18H2,1-5H3,(H,32,38)(H,34,36);5,7-8,11-12,14-15,24-25,30-31,34H,6,9-10,13,16-17H2,1-4H3,(H,32,33);1H3. The van der Waals surface area contributed by atoms with Crippen molar-refractivity contribution in [3.63, 3.8) is 0 Å². The molecule has 2 heterocycles. The largest absolute Gasteiger partial charge is 0.390 e. The normalized spacial score (nSPS) is 19.2. The number of benzene rings is 4. The topological polar surface area (TPSA) is 197 Å². The SMILES string of the molecule is CC(=O)NC(Cc1cc(F)cc(F)c1)C(O)CNC1(c2cccc(C(C)(C)C)c2)CCCNC1.CN=C=O.CNC(=O)N1CCCC(NCC(O)C(Cc2cc(F)cc(F)c2)NC(C)=O)(c2cccc(C(C)(C)C)c2)C1. The first-order valence-electron chi connectivity index (χ1n) is 25.9. The number of isocyanates is 1. The molecule has 0 aliphatic carbocycles. The number of hydrogen-bond acceptors (Lipinski definition) is 10. The highest BCUT2D eigenvalue weighted by Gasteiger charge is 2.40. The molecule has 6 unspecified atom stereocenters. The Morgan fingerprint density at radius 3 is 1.50 bits per heavy atom. The number of piperidine rings is 2. The van der Waals surface area contributed by atoms with Crippen molar-refractivity contribution in [2.24, 2.45) is 4.99 Å². The summed E-state index contributed by atoms with van der Waals surface area (Å²) in [4.78, 5) is 49.9. The zero-order chi connectivity index (χ0) is 56.4. The van der Waals surface area contributed by atoms with Crippen LogP contribution in [0.3, 0.4) is 0 Å². The number of nitrogens with zero attached hydrogens (tertiary/aromatic N) is 2. The minimum atomic E-state index is -1.07. The smallest absolute Gasteiger partial charge is 0.317 e. The number of aliphatic hydroxyl groups excluding tert-OH is 2. The van der Waals surface area contributed by atoms with E-state index in [4.69, 9.17) is 4.79 Å². The highest BCUT2D eigenvalue weighted by atomic mass is 19.1. The highest BCUT2D eigenvalue weighted by Crippen LogP contribution is 2.36. The van der Waals surface area contributed by atoms with Gasteiger partial charge in [-0.2, -0.15) is 0 Å². The summed E-state index contributed by atoms with van der Waals surface area (Å²) in [6, 6.07) is 21.6. The van der Waals surface area contributed by atoms with Crippen LogP contribution >= 0.6 is 0 Å². The van der Waals surface area contributed by atoms with Gasteiger partial charge in [0.15, 0.2) is 0 Å². The van der Waals surface area contributed by atoms with Gasteiger partial charge in [-0.15, -0.1) is 0 Å². The van der Waals surface area contributed by atoms with Crippen LogP contribution in [0.1, 0.15) is 114 Å². The van der Waals surface area contributed by atoms with Gasteiger partial charge in [-0.25, -0.2) is 32.1 Å². The maximum Gasteiger partial charge on any atom is 0.317 e. The van der Waals surface area contributed by atoms with E-state index >= 15 is 0 Å². The number of carbonyl (C=O) groups is 3. The van der Waals surface area contributed by atoms with Crippen LogP contribution in [-0.4, -0.2) is 117 Å². The Kier molecular flexibility index (Phi) is 23.4. The summed E-state index contributed by atoms with van der Waals surface area (Å²) in [6.07, 6.45) is 2.83. The zero-order valence-electron chi connectivity index (χ0n) is 45.8. The van der Waals surface area contributed by atoms with Gasteiger partial charge >= 0.3 is 6.03 Å². The number of aliphatic imine (C=N–C) groups is 1. The van der Waals surface area contributed by atoms with Crippen molar-refractivity contribution in [3.8, 4) is 0 Å². The van der Waals surface area contributed by atoms with Crippen molar-refractivity contribution >= 4 is 23.9 Å². The molecule has 4 aromatic carbocycles. The van der Waals surface area contributed by atoms with E-state index in [2.05, 4.69) is 115 Å².